The van der Waals surface area contributed by atoms with Crippen LogP contribution in [0.3, 0.4) is 0 Å². The molecule has 0 aliphatic heterocycles. The summed E-state index contributed by atoms with van der Waals surface area (Å²) in [5, 5.41) is 0.549. The number of nitrogens with one attached hydrogen (secondary N) is 1. The number of hydrogen-bond donors (Lipinski definition) is 1. The predicted molar refractivity (Wildman–Crippen MR) is 47.9 cm³/mol. The van der Waals surface area contributed by atoms with Gasteiger partial charge < -0.3 is 4.98 Å². The molecule has 4 nitrogen and oxygen atoms in total. The lowest BCUT2D eigenvalue weighted by molar-refractivity contribution is 1.11. The molecule has 2 aromatic heterocycles. The van der Waals surface area contributed by atoms with E-state index >= 15 is 0 Å². The third-order valence-corrected chi connectivity index (χ3v) is 1.86. The largest absolute Gasteiger partial charge is 0.301 e. The number of fused-ring (bicyclic) bond motifs is 1. The van der Waals surface area contributed by atoms with Crippen molar-refractivity contribution >= 4 is 26.8 Å². The smallest absolute Gasteiger partial charge is 0.259 e. The van der Waals surface area contributed by atoms with Crippen LogP contribution in [0.2, 0.25) is 0 Å². The topological polar surface area (TPSA) is 58.6 Å². The van der Waals surface area contributed by atoms with E-state index in [9.17, 15) is 4.79 Å². The van der Waals surface area contributed by atoms with Crippen molar-refractivity contribution in [1.29, 1.82) is 0 Å². The van der Waals surface area contributed by atoms with E-state index in [1.54, 1.807) is 18.5 Å². The van der Waals surface area contributed by atoms with Crippen LogP contribution in [0.4, 0.5) is 0 Å². The van der Waals surface area contributed by atoms with E-state index in [-0.39, 0.29) is 5.56 Å². The molecule has 0 amide bonds. The molecule has 0 bridgehead atoms. The van der Waals surface area contributed by atoms with Crippen molar-refractivity contribution in [3.63, 3.8) is 0 Å². The van der Waals surface area contributed by atoms with Crippen molar-refractivity contribution in [3.05, 3.63) is 33.5 Å². The summed E-state index contributed by atoms with van der Waals surface area (Å²) in [6.07, 6.45) is 3.11. The lowest BCUT2D eigenvalue weighted by atomic mass is 10.3. The molecular weight excluding hydrogens is 222 g/mol. The van der Waals surface area contributed by atoms with E-state index < -0.39 is 0 Å². The lowest BCUT2D eigenvalue weighted by Crippen LogP contribution is -2.07. The standard InChI is InChI=1S/C7H4BrN3O/c8-7-10-5-3-9-2-1-4(5)6(12)11-7/h1-3H,(H,10,11,12). The van der Waals surface area contributed by atoms with E-state index in [1.165, 1.54) is 0 Å². The third kappa shape index (κ3) is 1.12. The molecule has 0 atom stereocenters. The summed E-state index contributed by atoms with van der Waals surface area (Å²) < 4.78 is 0.424. The first-order chi connectivity index (χ1) is 5.77. The number of pyridine rings is 1. The summed E-state index contributed by atoms with van der Waals surface area (Å²) in [4.78, 5) is 21.7. The van der Waals surface area contributed by atoms with E-state index in [0.717, 1.165) is 0 Å². The van der Waals surface area contributed by atoms with Crippen molar-refractivity contribution in [3.8, 4) is 0 Å². The molecule has 0 aromatic carbocycles. The van der Waals surface area contributed by atoms with Crippen molar-refractivity contribution in [2.45, 2.75) is 0 Å². The summed E-state index contributed by atoms with van der Waals surface area (Å²) in [5.74, 6) is 0. The fourth-order valence-corrected chi connectivity index (χ4v) is 1.33. The average Bonchev–Trinajstić information content (AvgIpc) is 2.04. The number of nitrogens with zero attached hydrogens (tertiary/aromatic N) is 2. The quantitative estimate of drug-likeness (QED) is 0.683. The van der Waals surface area contributed by atoms with E-state index in [0.29, 0.717) is 15.6 Å². The molecule has 0 aliphatic carbocycles. The second kappa shape index (κ2) is 2.67. The minimum Gasteiger partial charge on any atom is -0.301 e. The Hall–Kier alpha value is -1.23. The first kappa shape index (κ1) is 7.42. The molecular formula is C7H4BrN3O. The Bertz CT molecular complexity index is 479. The number of aromatic amines is 1. The molecule has 0 saturated carbocycles. The molecule has 1 N–H and O–H groups in total. The van der Waals surface area contributed by atoms with Crippen molar-refractivity contribution in [1.82, 2.24) is 15.0 Å². The van der Waals surface area contributed by atoms with Gasteiger partial charge in [0, 0.05) is 6.20 Å². The summed E-state index contributed by atoms with van der Waals surface area (Å²) in [6, 6.07) is 1.63. The molecule has 5 heteroatoms. The maximum absolute atomic E-state index is 11.2. The van der Waals surface area contributed by atoms with Crippen LogP contribution in [-0.4, -0.2) is 15.0 Å². The van der Waals surface area contributed by atoms with Crippen LogP contribution >= 0.6 is 15.9 Å². The van der Waals surface area contributed by atoms with E-state index in [1.807, 2.05) is 0 Å². The van der Waals surface area contributed by atoms with Gasteiger partial charge in [-0.25, -0.2) is 4.98 Å². The molecule has 0 fully saturated rings. The van der Waals surface area contributed by atoms with Gasteiger partial charge in [-0.2, -0.15) is 0 Å². The minimum atomic E-state index is -0.158. The highest BCUT2D eigenvalue weighted by Crippen LogP contribution is 2.06. The Kier molecular flexibility index (Phi) is 1.65. The molecule has 2 aromatic rings. The summed E-state index contributed by atoms with van der Waals surface area (Å²) >= 11 is 3.09. The Morgan fingerprint density at radius 3 is 3.17 bits per heavy atom. The summed E-state index contributed by atoms with van der Waals surface area (Å²) in [6.45, 7) is 0. The monoisotopic (exact) mass is 225 g/mol. The maximum Gasteiger partial charge on any atom is 0.259 e. The van der Waals surface area contributed by atoms with Crippen LogP contribution in [-0.2, 0) is 0 Å². The highest BCUT2D eigenvalue weighted by molar-refractivity contribution is 9.10. The first-order valence-corrected chi connectivity index (χ1v) is 4.06. The van der Waals surface area contributed by atoms with E-state index in [2.05, 4.69) is 30.9 Å². The summed E-state index contributed by atoms with van der Waals surface area (Å²) in [7, 11) is 0. The zero-order valence-corrected chi connectivity index (χ0v) is 7.50. The second-order valence-electron chi connectivity index (χ2n) is 2.25. The Morgan fingerprint density at radius 2 is 2.33 bits per heavy atom. The van der Waals surface area contributed by atoms with Gasteiger partial charge in [-0.15, -0.1) is 0 Å². The van der Waals surface area contributed by atoms with Crippen LogP contribution in [0.25, 0.3) is 10.9 Å². The zero-order valence-electron chi connectivity index (χ0n) is 5.91. The molecule has 2 rings (SSSR count). The van der Waals surface area contributed by atoms with Gasteiger partial charge in [0.05, 0.1) is 17.1 Å². The number of hydrogen-bond acceptors (Lipinski definition) is 3. The number of H-pyrrole nitrogens is 1. The third-order valence-electron chi connectivity index (χ3n) is 1.48. The molecule has 12 heavy (non-hydrogen) atoms. The lowest BCUT2D eigenvalue weighted by Gasteiger charge is -1.94. The van der Waals surface area contributed by atoms with Crippen LogP contribution < -0.4 is 5.56 Å². The number of halogens is 1. The highest BCUT2D eigenvalue weighted by atomic mass is 79.9. The maximum atomic E-state index is 11.2. The normalized spacial score (nSPS) is 10.4. The first-order valence-electron chi connectivity index (χ1n) is 3.27. The minimum absolute atomic E-state index is 0.158. The summed E-state index contributed by atoms with van der Waals surface area (Å²) in [5.41, 5.74) is 0.433. The van der Waals surface area contributed by atoms with Crippen LogP contribution in [0.5, 0.6) is 0 Å². The fraction of sp³-hybridized carbons (Fsp3) is 0. The fourth-order valence-electron chi connectivity index (χ4n) is 0.962. The van der Waals surface area contributed by atoms with Crippen molar-refractivity contribution in [2.75, 3.05) is 0 Å². The zero-order chi connectivity index (χ0) is 8.55. The molecule has 0 aliphatic rings. The Morgan fingerprint density at radius 1 is 1.50 bits per heavy atom. The van der Waals surface area contributed by atoms with Gasteiger partial charge in [0.15, 0.2) is 4.73 Å². The average molecular weight is 226 g/mol. The molecule has 0 saturated heterocycles. The van der Waals surface area contributed by atoms with Crippen molar-refractivity contribution < 1.29 is 0 Å². The van der Waals surface area contributed by atoms with Gasteiger partial charge in [-0.05, 0) is 22.0 Å². The van der Waals surface area contributed by atoms with Gasteiger partial charge >= 0.3 is 0 Å². The van der Waals surface area contributed by atoms with Gasteiger partial charge in [0.1, 0.15) is 0 Å². The molecule has 0 spiro atoms. The van der Waals surface area contributed by atoms with E-state index in [4.69, 9.17) is 0 Å². The van der Waals surface area contributed by atoms with Gasteiger partial charge in [0.25, 0.3) is 5.56 Å². The second-order valence-corrected chi connectivity index (χ2v) is 3.00. The number of aromatic nitrogens is 3. The SMILES string of the molecule is O=c1[nH]c(Br)nc2cnccc12. The molecule has 60 valence electrons. The highest BCUT2D eigenvalue weighted by Gasteiger charge is 1.99. The predicted octanol–water partition coefficient (Wildman–Crippen LogP) is 1.08. The molecule has 0 unspecified atom stereocenters. The molecule has 0 radical (unpaired) electrons. The number of rotatable bonds is 0. The Labute approximate surface area is 75.8 Å². The van der Waals surface area contributed by atoms with Gasteiger partial charge in [-0.3, -0.25) is 9.78 Å². The van der Waals surface area contributed by atoms with Crippen LogP contribution in [0.1, 0.15) is 0 Å². The van der Waals surface area contributed by atoms with Crippen molar-refractivity contribution in [2.24, 2.45) is 0 Å². The van der Waals surface area contributed by atoms with Crippen LogP contribution in [0.15, 0.2) is 28.0 Å². The van der Waals surface area contributed by atoms with Gasteiger partial charge in [0.2, 0.25) is 0 Å². The van der Waals surface area contributed by atoms with Gasteiger partial charge in [-0.1, -0.05) is 0 Å². The molecule has 2 heterocycles. The van der Waals surface area contributed by atoms with Crippen LogP contribution in [0, 0.1) is 0 Å². The Balaban J connectivity index is 2.99.